The topological polar surface area (TPSA) is 28.7 Å². The zero-order valence-electron chi connectivity index (χ0n) is 10.2. The van der Waals surface area contributed by atoms with Crippen LogP contribution in [0, 0.1) is 11.8 Å². The first-order valence-electron chi connectivity index (χ1n) is 6.85. The molecule has 1 N–H and O–H groups in total. The van der Waals surface area contributed by atoms with Crippen LogP contribution in [0.2, 0.25) is 0 Å². The number of hydrogen-bond donors (Lipinski definition) is 1. The summed E-state index contributed by atoms with van der Waals surface area (Å²) >= 11 is 0. The van der Waals surface area contributed by atoms with E-state index in [-0.39, 0.29) is 0 Å². The third kappa shape index (κ3) is 1.36. The van der Waals surface area contributed by atoms with E-state index in [1.165, 1.54) is 36.2 Å². The number of rotatable bonds is 2. The highest BCUT2D eigenvalue weighted by molar-refractivity contribution is 5.76. The number of H-pyrrole nitrogens is 1. The Balaban J connectivity index is 1.73. The SMILES string of the molecule is CCc1ccc2nc(C3C4CCCC43)[nH]c2c1. The van der Waals surface area contributed by atoms with Gasteiger partial charge in [-0.15, -0.1) is 0 Å². The second-order valence-electron chi connectivity index (χ2n) is 5.61. The number of hydrogen-bond acceptors (Lipinski definition) is 1. The molecule has 2 unspecified atom stereocenters. The standard InChI is InChI=1S/C15H18N2/c1-2-9-6-7-12-13(8-9)17-15(16-12)14-10-4-3-5-11(10)14/h6-8,10-11,14H,2-5H2,1H3,(H,16,17). The Morgan fingerprint density at radius 2 is 2.12 bits per heavy atom. The normalized spacial score (nSPS) is 30.8. The molecule has 0 spiro atoms. The monoisotopic (exact) mass is 226 g/mol. The van der Waals surface area contributed by atoms with Gasteiger partial charge in [0.15, 0.2) is 0 Å². The molecule has 2 aliphatic carbocycles. The Kier molecular flexibility index (Phi) is 1.91. The highest BCUT2D eigenvalue weighted by Crippen LogP contribution is 2.62. The van der Waals surface area contributed by atoms with Gasteiger partial charge in [-0.05, 0) is 48.8 Å². The Labute approximate surface area is 101 Å². The summed E-state index contributed by atoms with van der Waals surface area (Å²) < 4.78 is 0. The molecule has 0 radical (unpaired) electrons. The van der Waals surface area contributed by atoms with Gasteiger partial charge in [0, 0.05) is 5.92 Å². The van der Waals surface area contributed by atoms with Crippen molar-refractivity contribution >= 4 is 11.0 Å². The molecular weight excluding hydrogens is 208 g/mol. The van der Waals surface area contributed by atoms with Crippen molar-refractivity contribution in [2.24, 2.45) is 11.8 Å². The third-order valence-electron chi connectivity index (χ3n) is 4.70. The molecule has 0 aliphatic heterocycles. The lowest BCUT2D eigenvalue weighted by atomic mass is 10.1. The van der Waals surface area contributed by atoms with Gasteiger partial charge in [0.05, 0.1) is 11.0 Å². The fraction of sp³-hybridized carbons (Fsp3) is 0.533. The van der Waals surface area contributed by atoms with Gasteiger partial charge in [-0.1, -0.05) is 19.4 Å². The van der Waals surface area contributed by atoms with E-state index < -0.39 is 0 Å². The van der Waals surface area contributed by atoms with E-state index in [0.29, 0.717) is 0 Å². The van der Waals surface area contributed by atoms with Crippen LogP contribution >= 0.6 is 0 Å². The summed E-state index contributed by atoms with van der Waals surface area (Å²) in [5.41, 5.74) is 3.76. The van der Waals surface area contributed by atoms with Crippen LogP contribution in [0.15, 0.2) is 18.2 Å². The van der Waals surface area contributed by atoms with E-state index in [0.717, 1.165) is 29.7 Å². The van der Waals surface area contributed by atoms with E-state index in [4.69, 9.17) is 4.98 Å². The van der Waals surface area contributed by atoms with E-state index in [1.54, 1.807) is 0 Å². The maximum absolute atomic E-state index is 4.78. The Hall–Kier alpha value is -1.31. The number of imidazole rings is 1. The molecule has 1 heterocycles. The van der Waals surface area contributed by atoms with Crippen LogP contribution in [0.1, 0.15) is 43.5 Å². The van der Waals surface area contributed by atoms with Crippen LogP contribution < -0.4 is 0 Å². The molecule has 1 aromatic heterocycles. The molecule has 2 fully saturated rings. The number of nitrogens with zero attached hydrogens (tertiary/aromatic N) is 1. The average molecular weight is 226 g/mol. The fourth-order valence-corrected chi connectivity index (χ4v) is 3.68. The summed E-state index contributed by atoms with van der Waals surface area (Å²) in [4.78, 5) is 8.33. The quantitative estimate of drug-likeness (QED) is 0.832. The van der Waals surface area contributed by atoms with Crippen molar-refractivity contribution in [3.63, 3.8) is 0 Å². The molecule has 2 atom stereocenters. The van der Waals surface area contributed by atoms with Gasteiger partial charge in [-0.2, -0.15) is 0 Å². The van der Waals surface area contributed by atoms with Crippen LogP contribution in [-0.2, 0) is 6.42 Å². The molecule has 17 heavy (non-hydrogen) atoms. The van der Waals surface area contributed by atoms with E-state index in [2.05, 4.69) is 30.1 Å². The number of aryl methyl sites for hydroxylation is 1. The van der Waals surface area contributed by atoms with Gasteiger partial charge in [0.2, 0.25) is 0 Å². The first kappa shape index (κ1) is 9.69. The molecule has 2 aliphatic rings. The van der Waals surface area contributed by atoms with Crippen LogP contribution in [0.5, 0.6) is 0 Å². The molecule has 1 aromatic carbocycles. The van der Waals surface area contributed by atoms with Gasteiger partial charge >= 0.3 is 0 Å². The number of benzene rings is 1. The molecular formula is C15H18N2. The minimum Gasteiger partial charge on any atom is -0.342 e. The second-order valence-corrected chi connectivity index (χ2v) is 5.61. The zero-order chi connectivity index (χ0) is 11.4. The Bertz CT molecular complexity index is 559. The molecule has 2 aromatic rings. The van der Waals surface area contributed by atoms with Crippen molar-refractivity contribution in [3.05, 3.63) is 29.6 Å². The van der Waals surface area contributed by atoms with E-state index >= 15 is 0 Å². The predicted molar refractivity (Wildman–Crippen MR) is 69.0 cm³/mol. The predicted octanol–water partition coefficient (Wildman–Crippen LogP) is 3.64. The van der Waals surface area contributed by atoms with Crippen LogP contribution in [0.25, 0.3) is 11.0 Å². The van der Waals surface area contributed by atoms with Crippen molar-refractivity contribution < 1.29 is 0 Å². The van der Waals surface area contributed by atoms with Crippen molar-refractivity contribution in [2.75, 3.05) is 0 Å². The molecule has 0 amide bonds. The summed E-state index contributed by atoms with van der Waals surface area (Å²) in [5.74, 6) is 3.89. The minimum absolute atomic E-state index is 0.751. The maximum Gasteiger partial charge on any atom is 0.110 e. The van der Waals surface area contributed by atoms with E-state index in [1.807, 2.05) is 0 Å². The number of nitrogens with one attached hydrogen (secondary N) is 1. The van der Waals surface area contributed by atoms with Crippen molar-refractivity contribution in [2.45, 2.75) is 38.5 Å². The van der Waals surface area contributed by atoms with Gasteiger partial charge in [-0.25, -0.2) is 4.98 Å². The lowest BCUT2D eigenvalue weighted by molar-refractivity contribution is 0.664. The average Bonchev–Trinajstić information content (AvgIpc) is 2.77. The number of aromatic nitrogens is 2. The number of aromatic amines is 1. The summed E-state index contributed by atoms with van der Waals surface area (Å²) in [6.07, 6.45) is 5.38. The lowest BCUT2D eigenvalue weighted by Crippen LogP contribution is -1.89. The third-order valence-corrected chi connectivity index (χ3v) is 4.70. The van der Waals surface area contributed by atoms with Gasteiger partial charge in [0.1, 0.15) is 5.82 Å². The molecule has 4 rings (SSSR count). The Morgan fingerprint density at radius 1 is 1.29 bits per heavy atom. The first-order chi connectivity index (χ1) is 8.36. The van der Waals surface area contributed by atoms with E-state index in [9.17, 15) is 0 Å². The first-order valence-corrected chi connectivity index (χ1v) is 6.85. The molecule has 0 saturated heterocycles. The highest BCUT2D eigenvalue weighted by Gasteiger charge is 2.54. The minimum atomic E-state index is 0.751. The van der Waals surface area contributed by atoms with Gasteiger partial charge in [-0.3, -0.25) is 0 Å². The molecule has 2 heteroatoms. The smallest absolute Gasteiger partial charge is 0.110 e. The van der Waals surface area contributed by atoms with Crippen LogP contribution in [0.4, 0.5) is 0 Å². The van der Waals surface area contributed by atoms with Crippen LogP contribution in [-0.4, -0.2) is 9.97 Å². The molecule has 88 valence electrons. The molecule has 2 saturated carbocycles. The van der Waals surface area contributed by atoms with Crippen LogP contribution in [0.3, 0.4) is 0 Å². The van der Waals surface area contributed by atoms with Gasteiger partial charge < -0.3 is 4.98 Å². The lowest BCUT2D eigenvalue weighted by Gasteiger charge is -1.97. The summed E-state index contributed by atoms with van der Waals surface area (Å²) in [6.45, 7) is 2.20. The zero-order valence-corrected chi connectivity index (χ0v) is 10.2. The second kappa shape index (κ2) is 3.34. The summed E-state index contributed by atoms with van der Waals surface area (Å²) in [5, 5.41) is 0. The molecule has 0 bridgehead atoms. The maximum atomic E-state index is 4.78. The van der Waals surface area contributed by atoms with Crippen molar-refractivity contribution in [1.82, 2.24) is 9.97 Å². The van der Waals surface area contributed by atoms with Gasteiger partial charge in [0.25, 0.3) is 0 Å². The largest absolute Gasteiger partial charge is 0.342 e. The van der Waals surface area contributed by atoms with Crippen molar-refractivity contribution in [1.29, 1.82) is 0 Å². The van der Waals surface area contributed by atoms with Crippen molar-refractivity contribution in [3.8, 4) is 0 Å². The fourth-order valence-electron chi connectivity index (χ4n) is 3.68. The summed E-state index contributed by atoms with van der Waals surface area (Å²) in [6, 6.07) is 6.61. The Morgan fingerprint density at radius 3 is 2.88 bits per heavy atom. The number of fused-ring (bicyclic) bond motifs is 2. The highest BCUT2D eigenvalue weighted by atomic mass is 15.0. The molecule has 2 nitrogen and oxygen atoms in total. The summed E-state index contributed by atoms with van der Waals surface area (Å²) in [7, 11) is 0.